The number of halogens is 5. The summed E-state index contributed by atoms with van der Waals surface area (Å²) in [5, 5.41) is 9.79. The van der Waals surface area contributed by atoms with E-state index in [0.29, 0.717) is 16.3 Å². The number of anilines is 1. The highest BCUT2D eigenvalue weighted by Gasteiger charge is 2.22. The monoisotopic (exact) mass is 399 g/mol. The van der Waals surface area contributed by atoms with E-state index in [1.807, 2.05) is 0 Å². The van der Waals surface area contributed by atoms with Crippen molar-refractivity contribution in [3.05, 3.63) is 65.4 Å². The Balaban J connectivity index is 1.65. The number of amides is 1. The first-order valence-corrected chi connectivity index (χ1v) is 8.03. The molecule has 3 rings (SSSR count). The first-order valence-electron chi connectivity index (χ1n) is 8.03. The second kappa shape index (κ2) is 8.19. The number of hydrogen-bond donors (Lipinski definition) is 1. The molecule has 11 heteroatoms. The van der Waals surface area contributed by atoms with Gasteiger partial charge in [-0.25, -0.2) is 22.0 Å². The lowest BCUT2D eigenvalue weighted by atomic mass is 10.2. The third-order valence-electron chi connectivity index (χ3n) is 3.71. The fourth-order valence-corrected chi connectivity index (χ4v) is 2.52. The smallest absolute Gasteiger partial charge is 0.282 e. The molecule has 0 bridgehead atoms. The molecular formula is C17H14F5N5O. The van der Waals surface area contributed by atoms with E-state index in [1.54, 1.807) is 12.1 Å². The Bertz CT molecular complexity index is 969. The van der Waals surface area contributed by atoms with Crippen molar-refractivity contribution in [3.63, 3.8) is 0 Å². The molecule has 1 amide bonds. The number of aromatic nitrogens is 4. The van der Waals surface area contributed by atoms with Gasteiger partial charge in [0.2, 0.25) is 5.91 Å². The average Bonchev–Trinajstić information content (AvgIpc) is 3.22. The second-order valence-corrected chi connectivity index (χ2v) is 5.83. The Labute approximate surface area is 155 Å². The Morgan fingerprint density at radius 1 is 1.07 bits per heavy atom. The summed E-state index contributed by atoms with van der Waals surface area (Å²) >= 11 is 0. The van der Waals surface area contributed by atoms with Crippen molar-refractivity contribution in [1.82, 2.24) is 19.6 Å². The third-order valence-corrected chi connectivity index (χ3v) is 3.71. The highest BCUT2D eigenvalue weighted by atomic mass is 19.3. The van der Waals surface area contributed by atoms with Crippen LogP contribution in [0.4, 0.5) is 27.8 Å². The fraction of sp³-hybridized carbons (Fsp3) is 0.235. The standard InChI is InChI=1S/C17H14F5N5O/c18-11-3-1-2-10(6-11)8-26-5-4-14(25-26)23-15(28)9-27-13(17(21)22)7-12(24-27)16(19)20/h1-7,16-17H,8-9H2,(H,23,25,28). The molecule has 3 aromatic rings. The molecule has 0 spiro atoms. The largest absolute Gasteiger partial charge is 0.308 e. The van der Waals surface area contributed by atoms with Crippen LogP contribution in [-0.2, 0) is 17.9 Å². The van der Waals surface area contributed by atoms with E-state index < -0.39 is 42.5 Å². The van der Waals surface area contributed by atoms with Gasteiger partial charge in [0, 0.05) is 12.3 Å². The fourth-order valence-electron chi connectivity index (χ4n) is 2.52. The maximum atomic E-state index is 13.2. The van der Waals surface area contributed by atoms with Crippen LogP contribution in [0.25, 0.3) is 0 Å². The molecule has 0 aliphatic carbocycles. The van der Waals surface area contributed by atoms with Crippen molar-refractivity contribution >= 4 is 11.7 Å². The lowest BCUT2D eigenvalue weighted by molar-refractivity contribution is -0.117. The molecule has 1 N–H and O–H groups in total. The van der Waals surface area contributed by atoms with Gasteiger partial charge in [0.1, 0.15) is 23.7 Å². The van der Waals surface area contributed by atoms with Crippen LogP contribution in [0.1, 0.15) is 29.8 Å². The van der Waals surface area contributed by atoms with E-state index in [1.165, 1.54) is 29.1 Å². The molecule has 28 heavy (non-hydrogen) atoms. The molecule has 6 nitrogen and oxygen atoms in total. The number of hydrogen-bond acceptors (Lipinski definition) is 3. The number of alkyl halides is 4. The summed E-state index contributed by atoms with van der Waals surface area (Å²) < 4.78 is 66.4. The summed E-state index contributed by atoms with van der Waals surface area (Å²) in [5.74, 6) is -1.03. The summed E-state index contributed by atoms with van der Waals surface area (Å²) in [5.41, 5.74) is -0.955. The van der Waals surface area contributed by atoms with Crippen LogP contribution < -0.4 is 5.32 Å². The Kier molecular flexibility index (Phi) is 5.71. The summed E-state index contributed by atoms with van der Waals surface area (Å²) in [4.78, 5) is 12.0. The second-order valence-electron chi connectivity index (χ2n) is 5.83. The zero-order valence-corrected chi connectivity index (χ0v) is 14.2. The normalized spacial score (nSPS) is 11.4. The first-order chi connectivity index (χ1) is 13.3. The van der Waals surface area contributed by atoms with Gasteiger partial charge in [-0.2, -0.15) is 10.2 Å². The number of carbonyl (C=O) groups is 1. The van der Waals surface area contributed by atoms with Crippen molar-refractivity contribution in [2.75, 3.05) is 5.32 Å². The van der Waals surface area contributed by atoms with Crippen LogP contribution in [0.3, 0.4) is 0 Å². The predicted molar refractivity (Wildman–Crippen MR) is 88.5 cm³/mol. The van der Waals surface area contributed by atoms with Crippen molar-refractivity contribution in [3.8, 4) is 0 Å². The van der Waals surface area contributed by atoms with Gasteiger partial charge >= 0.3 is 0 Å². The number of rotatable bonds is 7. The number of nitrogens with one attached hydrogen (secondary N) is 1. The highest BCUT2D eigenvalue weighted by Crippen LogP contribution is 2.25. The number of nitrogens with zero attached hydrogens (tertiary/aromatic N) is 4. The summed E-state index contributed by atoms with van der Waals surface area (Å²) in [6.07, 6.45) is -4.55. The molecule has 148 valence electrons. The zero-order chi connectivity index (χ0) is 20.3. The van der Waals surface area contributed by atoms with Gasteiger partial charge < -0.3 is 5.32 Å². The molecule has 0 aliphatic heterocycles. The topological polar surface area (TPSA) is 64.7 Å². The molecular weight excluding hydrogens is 385 g/mol. The Morgan fingerprint density at radius 3 is 2.54 bits per heavy atom. The van der Waals surface area contributed by atoms with Crippen LogP contribution in [-0.4, -0.2) is 25.5 Å². The molecule has 0 saturated heterocycles. The molecule has 0 radical (unpaired) electrons. The van der Waals surface area contributed by atoms with Crippen LogP contribution >= 0.6 is 0 Å². The first kappa shape index (κ1) is 19.5. The Morgan fingerprint density at radius 2 is 1.86 bits per heavy atom. The zero-order valence-electron chi connectivity index (χ0n) is 14.2. The highest BCUT2D eigenvalue weighted by molar-refractivity contribution is 5.89. The van der Waals surface area contributed by atoms with Crippen molar-refractivity contribution in [2.24, 2.45) is 0 Å². The van der Waals surface area contributed by atoms with Gasteiger partial charge in [0.25, 0.3) is 12.9 Å². The van der Waals surface area contributed by atoms with Gasteiger partial charge in [-0.05, 0) is 23.8 Å². The molecule has 0 atom stereocenters. The maximum absolute atomic E-state index is 13.2. The lowest BCUT2D eigenvalue weighted by Gasteiger charge is -2.06. The summed E-state index contributed by atoms with van der Waals surface area (Å²) in [6.45, 7) is -0.427. The minimum atomic E-state index is -3.06. The summed E-state index contributed by atoms with van der Waals surface area (Å²) in [6, 6.07) is 7.92. The van der Waals surface area contributed by atoms with E-state index in [9.17, 15) is 26.7 Å². The van der Waals surface area contributed by atoms with Crippen molar-refractivity contribution in [1.29, 1.82) is 0 Å². The SMILES string of the molecule is O=C(Cn1nc(C(F)F)cc1C(F)F)Nc1ccn(Cc2cccc(F)c2)n1. The quantitative estimate of drug-likeness (QED) is 0.615. The molecule has 2 heterocycles. The van der Waals surface area contributed by atoms with E-state index in [-0.39, 0.29) is 12.4 Å². The van der Waals surface area contributed by atoms with Crippen LogP contribution in [0.15, 0.2) is 42.6 Å². The van der Waals surface area contributed by atoms with E-state index in [0.717, 1.165) is 0 Å². The minimum absolute atomic E-state index is 0.126. The van der Waals surface area contributed by atoms with Gasteiger partial charge in [-0.1, -0.05) is 12.1 Å². The number of carbonyl (C=O) groups excluding carboxylic acids is 1. The molecule has 0 aliphatic rings. The van der Waals surface area contributed by atoms with E-state index in [2.05, 4.69) is 15.5 Å². The van der Waals surface area contributed by atoms with Gasteiger partial charge in [-0.15, -0.1) is 0 Å². The van der Waals surface area contributed by atoms with E-state index in [4.69, 9.17) is 0 Å². The summed E-state index contributed by atoms with van der Waals surface area (Å²) in [7, 11) is 0. The van der Waals surface area contributed by atoms with Gasteiger partial charge in [0.05, 0.1) is 6.54 Å². The Hall–Kier alpha value is -3.24. The average molecular weight is 399 g/mol. The molecule has 2 aromatic heterocycles. The van der Waals surface area contributed by atoms with Crippen LogP contribution in [0.2, 0.25) is 0 Å². The number of benzene rings is 1. The van der Waals surface area contributed by atoms with Gasteiger partial charge in [-0.3, -0.25) is 14.2 Å². The lowest BCUT2D eigenvalue weighted by Crippen LogP contribution is -2.21. The van der Waals surface area contributed by atoms with Crippen molar-refractivity contribution in [2.45, 2.75) is 25.9 Å². The van der Waals surface area contributed by atoms with Crippen LogP contribution in [0, 0.1) is 5.82 Å². The molecule has 0 fully saturated rings. The minimum Gasteiger partial charge on any atom is -0.308 e. The molecule has 0 saturated carbocycles. The van der Waals surface area contributed by atoms with Gasteiger partial charge in [0.15, 0.2) is 5.82 Å². The molecule has 1 aromatic carbocycles. The third kappa shape index (κ3) is 4.72. The molecule has 0 unspecified atom stereocenters. The van der Waals surface area contributed by atoms with Crippen molar-refractivity contribution < 1.29 is 26.7 Å². The predicted octanol–water partition coefficient (Wildman–Crippen LogP) is 3.78. The van der Waals surface area contributed by atoms with Crippen LogP contribution in [0.5, 0.6) is 0 Å². The van der Waals surface area contributed by atoms with E-state index >= 15 is 0 Å². The maximum Gasteiger partial charge on any atom is 0.282 e.